The fourth-order valence-electron chi connectivity index (χ4n) is 3.48. The molecule has 0 saturated heterocycles. The van der Waals surface area contributed by atoms with Crippen molar-refractivity contribution < 1.29 is 9.67 Å². The molecule has 0 spiro atoms. The second-order valence-electron chi connectivity index (χ2n) is 6.51. The minimum atomic E-state index is -0.131. The number of nitrogens with zero attached hydrogens (tertiary/aromatic N) is 2. The quantitative estimate of drug-likeness (QED) is 0.523. The third-order valence-electron chi connectivity index (χ3n) is 4.82. The molecule has 0 N–H and O–H groups in total. The van der Waals surface area contributed by atoms with Gasteiger partial charge in [0.15, 0.2) is 6.20 Å². The Bertz CT molecular complexity index is 1080. The average molecular weight is 453 g/mol. The Hall–Kier alpha value is -2.08. The lowest BCUT2D eigenvalue weighted by molar-refractivity contribution is -0.667. The highest BCUT2D eigenvalue weighted by Gasteiger charge is 2.23. The van der Waals surface area contributed by atoms with Crippen molar-refractivity contribution in [2.75, 3.05) is 18.1 Å². The summed E-state index contributed by atoms with van der Waals surface area (Å²) in [6, 6.07) is 16.9. The van der Waals surface area contributed by atoms with E-state index in [9.17, 15) is 5.11 Å². The van der Waals surface area contributed by atoms with E-state index in [2.05, 4.69) is 99.2 Å². The van der Waals surface area contributed by atoms with Gasteiger partial charge in [-0.2, -0.15) is 4.57 Å². The second-order valence-corrected chi connectivity index (χ2v) is 8.49. The Morgan fingerprint density at radius 3 is 2.86 bits per heavy atom. The number of pyridine rings is 1. The first-order chi connectivity index (χ1) is 13.7. The van der Waals surface area contributed by atoms with Crippen LogP contribution in [-0.2, 0) is 6.54 Å². The predicted molar refractivity (Wildman–Crippen MR) is 119 cm³/mol. The number of hydrogen-bond donors (Lipinski definition) is 0. The SMILES string of the molecule is CC[n+]1ccc(C=CC=C2Sc3ccc(Br)cc3N2CC[O-])c2ccccc21. The van der Waals surface area contributed by atoms with Crippen LogP contribution in [0, 0.1) is 0 Å². The third-order valence-corrected chi connectivity index (χ3v) is 6.45. The molecule has 1 aliphatic heterocycles. The average Bonchev–Trinajstić information content (AvgIpc) is 3.05. The molecule has 0 atom stereocenters. The predicted octanol–water partition coefficient (Wildman–Crippen LogP) is 4.74. The van der Waals surface area contributed by atoms with Gasteiger partial charge in [0.1, 0.15) is 6.54 Å². The molecule has 0 radical (unpaired) electrons. The number of thioether (sulfide) groups is 1. The first-order valence-corrected chi connectivity index (χ1v) is 10.9. The molecule has 142 valence electrons. The van der Waals surface area contributed by atoms with Gasteiger partial charge in [-0.3, -0.25) is 0 Å². The summed E-state index contributed by atoms with van der Waals surface area (Å²) in [4.78, 5) is 3.29. The van der Waals surface area contributed by atoms with Gasteiger partial charge in [0.2, 0.25) is 5.52 Å². The van der Waals surface area contributed by atoms with Crippen LogP contribution in [0.1, 0.15) is 12.5 Å². The number of benzene rings is 2. The molecule has 1 aromatic heterocycles. The maximum absolute atomic E-state index is 11.3. The monoisotopic (exact) mass is 452 g/mol. The van der Waals surface area contributed by atoms with E-state index in [4.69, 9.17) is 0 Å². The zero-order valence-electron chi connectivity index (χ0n) is 15.6. The molecule has 5 heteroatoms. The van der Waals surface area contributed by atoms with Crippen molar-refractivity contribution >= 4 is 50.4 Å². The van der Waals surface area contributed by atoms with Crippen molar-refractivity contribution in [2.45, 2.75) is 18.4 Å². The van der Waals surface area contributed by atoms with E-state index in [1.165, 1.54) is 21.4 Å². The molecular formula is C23H21BrN2OS. The molecule has 3 aromatic rings. The van der Waals surface area contributed by atoms with Crippen molar-refractivity contribution in [1.82, 2.24) is 0 Å². The van der Waals surface area contributed by atoms with Crippen molar-refractivity contribution in [3.05, 3.63) is 81.9 Å². The third kappa shape index (κ3) is 3.75. The highest BCUT2D eigenvalue weighted by molar-refractivity contribution is 9.10. The van der Waals surface area contributed by atoms with E-state index >= 15 is 0 Å². The summed E-state index contributed by atoms with van der Waals surface area (Å²) in [5.41, 5.74) is 3.53. The molecule has 2 heterocycles. The molecule has 0 bridgehead atoms. The Morgan fingerprint density at radius 1 is 1.18 bits per heavy atom. The summed E-state index contributed by atoms with van der Waals surface area (Å²) < 4.78 is 3.28. The van der Waals surface area contributed by atoms with Gasteiger partial charge in [0.05, 0.1) is 16.1 Å². The molecular weight excluding hydrogens is 432 g/mol. The lowest BCUT2D eigenvalue weighted by Crippen LogP contribution is -2.32. The van der Waals surface area contributed by atoms with Gasteiger partial charge in [-0.1, -0.05) is 52.0 Å². The van der Waals surface area contributed by atoms with Gasteiger partial charge in [0.25, 0.3) is 0 Å². The van der Waals surface area contributed by atoms with Gasteiger partial charge in [0, 0.05) is 28.0 Å². The zero-order chi connectivity index (χ0) is 19.5. The lowest BCUT2D eigenvalue weighted by Gasteiger charge is -2.22. The van der Waals surface area contributed by atoms with Crippen molar-refractivity contribution in [3.63, 3.8) is 0 Å². The Morgan fingerprint density at radius 2 is 2.04 bits per heavy atom. The molecule has 4 rings (SSSR count). The van der Waals surface area contributed by atoms with Crippen LogP contribution in [0.5, 0.6) is 0 Å². The van der Waals surface area contributed by atoms with E-state index in [-0.39, 0.29) is 6.61 Å². The standard InChI is InChI=1S/C23H21BrN2OS/c1-2-25-13-12-17(19-7-3-4-8-20(19)25)6-5-9-23-26(14-15-27)21-16-18(24)10-11-22(21)28-23/h3-13,16H,2,14-15H2,1H3. The Kier molecular flexibility index (Phi) is 5.85. The molecule has 0 aliphatic carbocycles. The van der Waals surface area contributed by atoms with Gasteiger partial charge in [-0.05, 0) is 42.8 Å². The summed E-state index contributed by atoms with van der Waals surface area (Å²) in [6.07, 6.45) is 8.46. The number of allylic oxidation sites excluding steroid dienone is 2. The second kappa shape index (κ2) is 8.52. The number of aryl methyl sites for hydroxylation is 1. The number of rotatable bonds is 5. The van der Waals surface area contributed by atoms with Crippen LogP contribution in [-0.4, -0.2) is 13.2 Å². The molecule has 1 aliphatic rings. The number of aromatic nitrogens is 1. The summed E-state index contributed by atoms with van der Waals surface area (Å²) in [5, 5.41) is 13.6. The van der Waals surface area contributed by atoms with Crippen molar-refractivity contribution in [1.29, 1.82) is 0 Å². The van der Waals surface area contributed by atoms with E-state index < -0.39 is 0 Å². The molecule has 0 fully saturated rings. The first kappa shape index (κ1) is 19.2. The van der Waals surface area contributed by atoms with Crippen molar-refractivity contribution in [2.24, 2.45) is 0 Å². The van der Waals surface area contributed by atoms with Crippen LogP contribution in [0.2, 0.25) is 0 Å². The fourth-order valence-corrected chi connectivity index (χ4v) is 4.91. The molecule has 3 nitrogen and oxygen atoms in total. The normalized spacial score (nSPS) is 15.1. The smallest absolute Gasteiger partial charge is 0.213 e. The first-order valence-electron chi connectivity index (χ1n) is 9.34. The van der Waals surface area contributed by atoms with E-state index in [1.54, 1.807) is 11.8 Å². The maximum atomic E-state index is 11.3. The number of halogens is 1. The number of para-hydroxylation sites is 1. The summed E-state index contributed by atoms with van der Waals surface area (Å²) in [7, 11) is 0. The molecule has 0 saturated carbocycles. The maximum Gasteiger partial charge on any atom is 0.213 e. The molecule has 28 heavy (non-hydrogen) atoms. The topological polar surface area (TPSA) is 30.2 Å². The van der Waals surface area contributed by atoms with Crippen LogP contribution in [0.15, 0.2) is 81.3 Å². The largest absolute Gasteiger partial charge is 0.853 e. The lowest BCUT2D eigenvalue weighted by atomic mass is 10.1. The van der Waals surface area contributed by atoms with E-state index in [0.717, 1.165) is 21.7 Å². The molecule has 0 amide bonds. The number of hydrogen-bond acceptors (Lipinski definition) is 3. The van der Waals surface area contributed by atoms with Crippen LogP contribution < -0.4 is 14.6 Å². The Labute approximate surface area is 178 Å². The van der Waals surface area contributed by atoms with Gasteiger partial charge >= 0.3 is 0 Å². The highest BCUT2D eigenvalue weighted by atomic mass is 79.9. The zero-order valence-corrected chi connectivity index (χ0v) is 18.0. The number of fused-ring (bicyclic) bond motifs is 2. The minimum absolute atomic E-state index is 0.131. The van der Waals surface area contributed by atoms with Crippen LogP contribution in [0.4, 0.5) is 5.69 Å². The van der Waals surface area contributed by atoms with Gasteiger partial charge in [-0.15, -0.1) is 6.61 Å². The van der Waals surface area contributed by atoms with Crippen molar-refractivity contribution in [3.8, 4) is 0 Å². The number of anilines is 1. The fraction of sp³-hybridized carbons (Fsp3) is 0.174. The van der Waals surface area contributed by atoms with Crippen LogP contribution in [0.3, 0.4) is 0 Å². The molecule has 2 aromatic carbocycles. The van der Waals surface area contributed by atoms with E-state index in [0.29, 0.717) is 6.54 Å². The summed E-state index contributed by atoms with van der Waals surface area (Å²) in [5.74, 6) is 0. The highest BCUT2D eigenvalue weighted by Crippen LogP contribution is 2.46. The van der Waals surface area contributed by atoms with E-state index in [1.807, 2.05) is 6.07 Å². The Balaban J connectivity index is 1.66. The van der Waals surface area contributed by atoms with Crippen LogP contribution >= 0.6 is 27.7 Å². The summed E-state index contributed by atoms with van der Waals surface area (Å²) >= 11 is 5.24. The van der Waals surface area contributed by atoms with Gasteiger partial charge < -0.3 is 10.0 Å². The minimum Gasteiger partial charge on any atom is -0.853 e. The van der Waals surface area contributed by atoms with Gasteiger partial charge in [-0.25, -0.2) is 0 Å². The summed E-state index contributed by atoms with van der Waals surface area (Å²) in [6.45, 7) is 3.45. The van der Waals surface area contributed by atoms with Crippen LogP contribution in [0.25, 0.3) is 17.0 Å². The molecule has 0 unspecified atom stereocenters.